The van der Waals surface area contributed by atoms with Gasteiger partial charge in [0, 0.05) is 26.6 Å². The van der Waals surface area contributed by atoms with Gasteiger partial charge in [0.2, 0.25) is 0 Å². The first-order valence-corrected chi connectivity index (χ1v) is 5.91. The minimum absolute atomic E-state index is 0.155. The summed E-state index contributed by atoms with van der Waals surface area (Å²) in [6, 6.07) is -1.75. The third kappa shape index (κ3) is 7.24. The Bertz CT molecular complexity index is 320. The fraction of sp³-hybridized carbons (Fsp3) is 0.727. The van der Waals surface area contributed by atoms with Gasteiger partial charge in [0.1, 0.15) is 6.04 Å². The molecule has 3 N–H and O–H groups in total. The number of nitrogens with one attached hydrogen (secondary N) is 1. The molecule has 1 unspecified atom stereocenters. The summed E-state index contributed by atoms with van der Waals surface area (Å²) in [5, 5.41) is 19.7. The van der Waals surface area contributed by atoms with E-state index in [1.165, 1.54) is 12.0 Å². The molecule has 0 bridgehead atoms. The number of carbonyl (C=O) groups is 3. The molecule has 0 aliphatic heterocycles. The first-order valence-electron chi connectivity index (χ1n) is 5.91. The Morgan fingerprint density at radius 3 is 2.37 bits per heavy atom. The van der Waals surface area contributed by atoms with E-state index in [1.54, 1.807) is 6.92 Å². The zero-order chi connectivity index (χ0) is 14.8. The smallest absolute Gasteiger partial charge is 0.326 e. The highest BCUT2D eigenvalue weighted by molar-refractivity contribution is 5.83. The van der Waals surface area contributed by atoms with Crippen molar-refractivity contribution < 1.29 is 29.3 Å². The summed E-state index contributed by atoms with van der Waals surface area (Å²) in [6.07, 6.45) is -0.473. The van der Waals surface area contributed by atoms with E-state index in [-0.39, 0.29) is 12.8 Å². The number of nitrogens with zero attached hydrogens (tertiary/aromatic N) is 1. The third-order valence-electron chi connectivity index (χ3n) is 2.48. The molecule has 0 saturated carbocycles. The standard InChI is InChI=1S/C11H20N2O6/c1-3-13(6-7-19-2)11(18)12-8(10(16)17)4-5-9(14)15/h8H,3-7H2,1-2H3,(H,12,18)(H,14,15)(H,16,17). The van der Waals surface area contributed by atoms with Crippen LogP contribution in [0.4, 0.5) is 4.79 Å². The number of likely N-dealkylation sites (N-methyl/N-ethyl adjacent to an activating group) is 1. The summed E-state index contributed by atoms with van der Waals surface area (Å²) < 4.78 is 4.84. The molecule has 1 atom stereocenters. The maximum Gasteiger partial charge on any atom is 0.326 e. The van der Waals surface area contributed by atoms with E-state index in [1.807, 2.05) is 0 Å². The van der Waals surface area contributed by atoms with Gasteiger partial charge < -0.3 is 25.2 Å². The van der Waals surface area contributed by atoms with Crippen LogP contribution in [0.2, 0.25) is 0 Å². The van der Waals surface area contributed by atoms with Crippen LogP contribution in [-0.2, 0) is 14.3 Å². The Kier molecular flexibility index (Phi) is 8.27. The summed E-state index contributed by atoms with van der Waals surface area (Å²) in [6.45, 7) is 2.83. The molecule has 110 valence electrons. The number of hydrogen-bond acceptors (Lipinski definition) is 4. The molecule has 0 heterocycles. The molecule has 8 nitrogen and oxygen atoms in total. The van der Waals surface area contributed by atoms with Crippen LogP contribution < -0.4 is 5.32 Å². The van der Waals surface area contributed by atoms with Crippen molar-refractivity contribution in [3.63, 3.8) is 0 Å². The number of rotatable bonds is 9. The number of hydrogen-bond donors (Lipinski definition) is 3. The Hall–Kier alpha value is -1.83. The predicted octanol–water partition coefficient (Wildman–Crippen LogP) is -0.0177. The van der Waals surface area contributed by atoms with Crippen molar-refractivity contribution in [2.45, 2.75) is 25.8 Å². The molecule has 0 fully saturated rings. The largest absolute Gasteiger partial charge is 0.481 e. The molecule has 0 radical (unpaired) electrons. The zero-order valence-electron chi connectivity index (χ0n) is 11.1. The van der Waals surface area contributed by atoms with E-state index in [4.69, 9.17) is 14.9 Å². The van der Waals surface area contributed by atoms with Crippen LogP contribution in [0.25, 0.3) is 0 Å². The number of carbonyl (C=O) groups excluding carboxylic acids is 1. The first kappa shape index (κ1) is 17.2. The number of urea groups is 1. The second-order valence-corrected chi connectivity index (χ2v) is 3.85. The molecule has 0 aromatic rings. The van der Waals surface area contributed by atoms with Gasteiger partial charge in [0.15, 0.2) is 0 Å². The van der Waals surface area contributed by atoms with Crippen molar-refractivity contribution in [2.75, 3.05) is 26.8 Å². The van der Waals surface area contributed by atoms with E-state index in [0.29, 0.717) is 19.7 Å². The van der Waals surface area contributed by atoms with Gasteiger partial charge in [0.25, 0.3) is 0 Å². The molecule has 0 aliphatic rings. The van der Waals surface area contributed by atoms with Crippen molar-refractivity contribution in [3.05, 3.63) is 0 Å². The number of amides is 2. The van der Waals surface area contributed by atoms with Gasteiger partial charge in [-0.3, -0.25) is 4.79 Å². The lowest BCUT2D eigenvalue weighted by atomic mass is 10.1. The zero-order valence-corrected chi connectivity index (χ0v) is 11.1. The molecule has 0 rings (SSSR count). The van der Waals surface area contributed by atoms with Crippen LogP contribution in [0.5, 0.6) is 0 Å². The number of carboxylic acids is 2. The maximum atomic E-state index is 11.8. The lowest BCUT2D eigenvalue weighted by Gasteiger charge is -2.23. The lowest BCUT2D eigenvalue weighted by molar-refractivity contribution is -0.140. The van der Waals surface area contributed by atoms with Crippen LogP contribution in [0.3, 0.4) is 0 Å². The van der Waals surface area contributed by atoms with Crippen LogP contribution in [0.1, 0.15) is 19.8 Å². The number of carboxylic acid groups (broad SMARTS) is 2. The number of aliphatic carboxylic acids is 2. The monoisotopic (exact) mass is 276 g/mol. The molecule has 8 heteroatoms. The van der Waals surface area contributed by atoms with Gasteiger partial charge in [-0.15, -0.1) is 0 Å². The third-order valence-corrected chi connectivity index (χ3v) is 2.48. The highest BCUT2D eigenvalue weighted by Crippen LogP contribution is 2.00. The summed E-state index contributed by atoms with van der Waals surface area (Å²) in [5.74, 6) is -2.36. The fourth-order valence-electron chi connectivity index (χ4n) is 1.37. The SMILES string of the molecule is CCN(CCOC)C(=O)NC(CCC(=O)O)C(=O)O. The molecule has 0 aromatic carbocycles. The van der Waals surface area contributed by atoms with Crippen LogP contribution in [0.15, 0.2) is 0 Å². The van der Waals surface area contributed by atoms with Gasteiger partial charge in [0.05, 0.1) is 6.61 Å². The van der Waals surface area contributed by atoms with Crippen molar-refractivity contribution in [2.24, 2.45) is 0 Å². The van der Waals surface area contributed by atoms with E-state index in [0.717, 1.165) is 0 Å². The van der Waals surface area contributed by atoms with E-state index in [2.05, 4.69) is 5.32 Å². The van der Waals surface area contributed by atoms with Gasteiger partial charge in [-0.2, -0.15) is 0 Å². The Labute approximate surface area is 111 Å². The van der Waals surface area contributed by atoms with Gasteiger partial charge >= 0.3 is 18.0 Å². The summed E-state index contributed by atoms with van der Waals surface area (Å²) in [5.41, 5.74) is 0. The number of ether oxygens (including phenoxy) is 1. The molecule has 0 aliphatic carbocycles. The second-order valence-electron chi connectivity index (χ2n) is 3.85. The normalized spacial score (nSPS) is 11.7. The topological polar surface area (TPSA) is 116 Å². The van der Waals surface area contributed by atoms with Crippen molar-refractivity contribution in [1.29, 1.82) is 0 Å². The minimum Gasteiger partial charge on any atom is -0.481 e. The van der Waals surface area contributed by atoms with Gasteiger partial charge in [-0.25, -0.2) is 9.59 Å². The Morgan fingerprint density at radius 2 is 1.95 bits per heavy atom. The van der Waals surface area contributed by atoms with Crippen molar-refractivity contribution in [1.82, 2.24) is 10.2 Å². The quantitative estimate of drug-likeness (QED) is 0.545. The summed E-state index contributed by atoms with van der Waals surface area (Å²) in [4.78, 5) is 34.5. The number of methoxy groups -OCH3 is 1. The van der Waals surface area contributed by atoms with E-state index in [9.17, 15) is 14.4 Å². The first-order chi connectivity index (χ1) is 8.92. The summed E-state index contributed by atoms with van der Waals surface area (Å²) >= 11 is 0. The predicted molar refractivity (Wildman–Crippen MR) is 65.9 cm³/mol. The van der Waals surface area contributed by atoms with E-state index >= 15 is 0 Å². The molecular formula is C11H20N2O6. The molecule has 0 spiro atoms. The minimum atomic E-state index is -1.25. The Morgan fingerprint density at radius 1 is 1.32 bits per heavy atom. The van der Waals surface area contributed by atoms with Gasteiger partial charge in [-0.05, 0) is 13.3 Å². The fourth-order valence-corrected chi connectivity index (χ4v) is 1.37. The lowest BCUT2D eigenvalue weighted by Crippen LogP contribution is -2.48. The molecule has 0 aromatic heterocycles. The van der Waals surface area contributed by atoms with Crippen molar-refractivity contribution >= 4 is 18.0 Å². The highest BCUT2D eigenvalue weighted by Gasteiger charge is 2.23. The molecule has 0 saturated heterocycles. The molecular weight excluding hydrogens is 256 g/mol. The summed E-state index contributed by atoms with van der Waals surface area (Å²) in [7, 11) is 1.50. The maximum absolute atomic E-state index is 11.8. The van der Waals surface area contributed by atoms with Gasteiger partial charge in [-0.1, -0.05) is 0 Å². The van der Waals surface area contributed by atoms with Crippen LogP contribution >= 0.6 is 0 Å². The van der Waals surface area contributed by atoms with Crippen LogP contribution in [0, 0.1) is 0 Å². The average Bonchev–Trinajstić information content (AvgIpc) is 2.34. The Balaban J connectivity index is 4.42. The second kappa shape index (κ2) is 9.15. The van der Waals surface area contributed by atoms with Crippen molar-refractivity contribution in [3.8, 4) is 0 Å². The highest BCUT2D eigenvalue weighted by atomic mass is 16.5. The van der Waals surface area contributed by atoms with Crippen LogP contribution in [-0.4, -0.2) is 65.9 Å². The van der Waals surface area contributed by atoms with E-state index < -0.39 is 24.0 Å². The molecule has 19 heavy (non-hydrogen) atoms. The average molecular weight is 276 g/mol. The molecule has 2 amide bonds.